The second-order valence-corrected chi connectivity index (χ2v) is 11.6. The Morgan fingerprint density at radius 1 is 1.05 bits per heavy atom. The molecular weight excluding hydrogens is 516 g/mol. The van der Waals surface area contributed by atoms with Crippen LogP contribution in [0.1, 0.15) is 61.0 Å². The molecule has 0 spiro atoms. The summed E-state index contributed by atoms with van der Waals surface area (Å²) in [6.45, 7) is 3.31. The molecule has 0 aliphatic carbocycles. The van der Waals surface area contributed by atoms with Gasteiger partial charge in [-0.15, -0.1) is 0 Å². The summed E-state index contributed by atoms with van der Waals surface area (Å²) in [7, 11) is 0. The highest BCUT2D eigenvalue weighted by Gasteiger charge is 2.49. The number of halogens is 2. The molecule has 3 saturated heterocycles. The van der Waals surface area contributed by atoms with Crippen molar-refractivity contribution in [2.45, 2.75) is 63.2 Å². The van der Waals surface area contributed by atoms with E-state index in [0.717, 1.165) is 58.2 Å². The van der Waals surface area contributed by atoms with E-state index >= 15 is 0 Å². The lowest BCUT2D eigenvalue weighted by atomic mass is 9.95. The van der Waals surface area contributed by atoms with Crippen LogP contribution in [0.5, 0.6) is 11.8 Å². The van der Waals surface area contributed by atoms with E-state index in [0.29, 0.717) is 53.1 Å². The lowest BCUT2D eigenvalue weighted by molar-refractivity contribution is 0.0996. The molecule has 1 amide bonds. The predicted molar refractivity (Wildman–Crippen MR) is 147 cm³/mol. The lowest BCUT2D eigenvalue weighted by Gasteiger charge is -2.31. The van der Waals surface area contributed by atoms with Gasteiger partial charge in [0.25, 0.3) is 5.91 Å². The van der Waals surface area contributed by atoms with Gasteiger partial charge in [-0.1, -0.05) is 18.9 Å². The van der Waals surface area contributed by atoms with Crippen LogP contribution >= 0.6 is 0 Å². The summed E-state index contributed by atoms with van der Waals surface area (Å²) < 4.78 is 34.8. The molecule has 0 saturated carbocycles. The van der Waals surface area contributed by atoms with Gasteiger partial charge in [0.2, 0.25) is 0 Å². The van der Waals surface area contributed by atoms with Crippen LogP contribution in [0, 0.1) is 5.82 Å². The van der Waals surface area contributed by atoms with Gasteiger partial charge in [-0.05, 0) is 55.8 Å². The van der Waals surface area contributed by atoms with Crippen LogP contribution in [-0.2, 0) is 6.54 Å². The number of hydrogen-bond donors (Lipinski definition) is 1. The monoisotopic (exact) mass is 549 g/mol. The molecule has 3 aromatic rings. The normalized spacial score (nSPS) is 24.9. The number of phenols is 1. The molecule has 0 radical (unpaired) electrons. The third kappa shape index (κ3) is 4.33. The highest BCUT2D eigenvalue weighted by Crippen LogP contribution is 2.42. The molecule has 3 fully saturated rings. The van der Waals surface area contributed by atoms with E-state index in [9.17, 15) is 18.7 Å². The maximum atomic E-state index is 14.3. The number of aromatic nitrogens is 2. The van der Waals surface area contributed by atoms with Crippen molar-refractivity contribution >= 4 is 28.2 Å². The number of fused-ring (bicyclic) bond motifs is 3. The fraction of sp³-hybridized carbons (Fsp3) is 0.500. The standard InChI is InChI=1S/C30H33F2N5O3/c31-20-7-6-19-12-22(38)14-25(23(19)13-20)37-17-24-26(28(37)39)27(35-9-3-1-2-4-10-35)34-29(33-24)40-18-30-8-5-11-36(30)16-21(32)15-30/h6-7,12-14,21,38H,1-5,8-11,15-18H2/t21-,30+/m1/s1. The zero-order chi connectivity index (χ0) is 27.4. The summed E-state index contributed by atoms with van der Waals surface area (Å²) in [5, 5.41) is 11.6. The summed E-state index contributed by atoms with van der Waals surface area (Å²) in [6.07, 6.45) is 5.73. The summed E-state index contributed by atoms with van der Waals surface area (Å²) >= 11 is 0. The number of carbonyl (C=O) groups is 1. The number of aromatic hydroxyl groups is 1. The molecule has 2 aromatic carbocycles. The van der Waals surface area contributed by atoms with Gasteiger partial charge in [-0.3, -0.25) is 9.69 Å². The van der Waals surface area contributed by atoms with E-state index in [1.165, 1.54) is 23.1 Å². The summed E-state index contributed by atoms with van der Waals surface area (Å²) in [5.74, 6) is -0.162. The molecule has 1 N–H and O–H groups in total. The SMILES string of the molecule is O=C1c2c(nc(OC[C@@]34CCCN3C[C@H](F)C4)nc2N2CCCCCC2)CN1c1cc(O)cc2ccc(F)cc12. The molecular formula is C30H33F2N5O3. The maximum absolute atomic E-state index is 14.3. The molecule has 4 aliphatic heterocycles. The van der Waals surface area contributed by atoms with E-state index in [1.807, 2.05) is 0 Å². The molecule has 2 atom stereocenters. The van der Waals surface area contributed by atoms with Gasteiger partial charge in [0.15, 0.2) is 0 Å². The molecule has 5 heterocycles. The molecule has 0 bridgehead atoms. The van der Waals surface area contributed by atoms with Crippen molar-refractivity contribution in [2.24, 2.45) is 0 Å². The molecule has 8 nitrogen and oxygen atoms in total. The van der Waals surface area contributed by atoms with Crippen LogP contribution in [0.4, 0.5) is 20.3 Å². The van der Waals surface area contributed by atoms with Crippen molar-refractivity contribution in [3.8, 4) is 11.8 Å². The number of ether oxygens (including phenoxy) is 1. The van der Waals surface area contributed by atoms with Gasteiger partial charge in [-0.2, -0.15) is 9.97 Å². The van der Waals surface area contributed by atoms with Gasteiger partial charge in [-0.25, -0.2) is 8.78 Å². The van der Waals surface area contributed by atoms with E-state index in [2.05, 4.69) is 9.80 Å². The molecule has 0 unspecified atom stereocenters. The van der Waals surface area contributed by atoms with Crippen LogP contribution < -0.4 is 14.5 Å². The minimum atomic E-state index is -0.856. The lowest BCUT2D eigenvalue weighted by Crippen LogP contribution is -2.43. The smallest absolute Gasteiger partial charge is 0.318 e. The Morgan fingerprint density at radius 3 is 2.70 bits per heavy atom. The zero-order valence-electron chi connectivity index (χ0n) is 22.4. The largest absolute Gasteiger partial charge is 0.508 e. The second kappa shape index (κ2) is 9.83. The molecule has 4 aliphatic rings. The number of benzene rings is 2. The van der Waals surface area contributed by atoms with Gasteiger partial charge in [0.05, 0.1) is 23.5 Å². The first-order valence-electron chi connectivity index (χ1n) is 14.3. The number of rotatable bonds is 5. The molecule has 10 heteroatoms. The fourth-order valence-electron chi connectivity index (χ4n) is 7.10. The molecule has 40 heavy (non-hydrogen) atoms. The van der Waals surface area contributed by atoms with Crippen molar-refractivity contribution in [2.75, 3.05) is 42.6 Å². The van der Waals surface area contributed by atoms with E-state index < -0.39 is 12.0 Å². The minimum Gasteiger partial charge on any atom is -0.508 e. The van der Waals surface area contributed by atoms with Gasteiger partial charge < -0.3 is 19.6 Å². The first kappa shape index (κ1) is 25.4. The number of nitrogens with zero attached hydrogens (tertiary/aromatic N) is 5. The van der Waals surface area contributed by atoms with Crippen molar-refractivity contribution in [3.05, 3.63) is 47.4 Å². The second-order valence-electron chi connectivity index (χ2n) is 11.6. The fourth-order valence-corrected chi connectivity index (χ4v) is 7.10. The number of alkyl halides is 1. The summed E-state index contributed by atoms with van der Waals surface area (Å²) in [6, 6.07) is 7.54. The van der Waals surface area contributed by atoms with Crippen molar-refractivity contribution < 1.29 is 23.4 Å². The third-order valence-corrected chi connectivity index (χ3v) is 9.02. The van der Waals surface area contributed by atoms with E-state index in [-0.39, 0.29) is 29.8 Å². The quantitative estimate of drug-likeness (QED) is 0.481. The number of phenolic OH excluding ortho intramolecular Hbond substituents is 1. The highest BCUT2D eigenvalue weighted by atomic mass is 19.1. The van der Waals surface area contributed by atoms with Gasteiger partial charge >= 0.3 is 6.01 Å². The Hall–Kier alpha value is -3.53. The van der Waals surface area contributed by atoms with Gasteiger partial charge in [0.1, 0.15) is 35.7 Å². The van der Waals surface area contributed by atoms with E-state index in [1.54, 1.807) is 12.1 Å². The minimum absolute atomic E-state index is 0.0104. The molecule has 1 aromatic heterocycles. The Balaban J connectivity index is 1.27. The molecule has 7 rings (SSSR count). The van der Waals surface area contributed by atoms with Crippen LogP contribution in [-0.4, -0.2) is 70.4 Å². The molecule has 210 valence electrons. The van der Waals surface area contributed by atoms with E-state index in [4.69, 9.17) is 14.7 Å². The van der Waals surface area contributed by atoms with Crippen molar-refractivity contribution in [3.63, 3.8) is 0 Å². The highest BCUT2D eigenvalue weighted by molar-refractivity contribution is 6.16. The Morgan fingerprint density at radius 2 is 1.88 bits per heavy atom. The number of carbonyl (C=O) groups excluding carboxylic acids is 1. The topological polar surface area (TPSA) is 82.0 Å². The number of amides is 1. The number of hydrogen-bond acceptors (Lipinski definition) is 7. The van der Waals surface area contributed by atoms with Crippen LogP contribution in [0.3, 0.4) is 0 Å². The number of anilines is 2. The average molecular weight is 550 g/mol. The third-order valence-electron chi connectivity index (χ3n) is 9.02. The Labute approximate surface area is 231 Å². The van der Waals surface area contributed by atoms with Crippen LogP contribution in [0.15, 0.2) is 30.3 Å². The average Bonchev–Trinajstić information content (AvgIpc) is 3.47. The zero-order valence-corrected chi connectivity index (χ0v) is 22.4. The first-order chi connectivity index (χ1) is 19.4. The van der Waals surface area contributed by atoms with Crippen molar-refractivity contribution in [1.82, 2.24) is 14.9 Å². The van der Waals surface area contributed by atoms with Crippen LogP contribution in [0.25, 0.3) is 10.8 Å². The van der Waals surface area contributed by atoms with Crippen molar-refractivity contribution in [1.29, 1.82) is 0 Å². The first-order valence-corrected chi connectivity index (χ1v) is 14.3. The van der Waals surface area contributed by atoms with Gasteiger partial charge in [0, 0.05) is 37.5 Å². The Bertz CT molecular complexity index is 1480. The predicted octanol–water partition coefficient (Wildman–Crippen LogP) is 4.97. The summed E-state index contributed by atoms with van der Waals surface area (Å²) in [4.78, 5) is 29.4. The Kier molecular flexibility index (Phi) is 6.25. The van der Waals surface area contributed by atoms with Crippen LogP contribution in [0.2, 0.25) is 0 Å². The summed E-state index contributed by atoms with van der Waals surface area (Å²) in [5.41, 5.74) is 1.05. The maximum Gasteiger partial charge on any atom is 0.318 e.